The van der Waals surface area contributed by atoms with Crippen molar-refractivity contribution in [2.45, 2.75) is 37.5 Å². The first-order chi connectivity index (χ1) is 9.36. The Morgan fingerprint density at radius 2 is 2.05 bits per heavy atom. The van der Waals surface area contributed by atoms with Gasteiger partial charge in [0, 0.05) is 22.8 Å². The maximum Gasteiger partial charge on any atom is 0.261 e. The molecular weight excluding hydrogens is 298 g/mol. The number of amides is 1. The van der Waals surface area contributed by atoms with Crippen LogP contribution in [0.25, 0.3) is 0 Å². The summed E-state index contributed by atoms with van der Waals surface area (Å²) in [5, 5.41) is 2.83. The van der Waals surface area contributed by atoms with Crippen LogP contribution < -0.4 is 5.32 Å². The minimum Gasteiger partial charge on any atom is -0.352 e. The van der Waals surface area contributed by atoms with E-state index in [0.717, 1.165) is 12.3 Å². The second-order valence-corrected chi connectivity index (χ2v) is 7.88. The maximum absolute atomic E-state index is 12.0. The topological polar surface area (TPSA) is 63.2 Å². The number of hydrogen-bond acceptors (Lipinski definition) is 3. The van der Waals surface area contributed by atoms with Crippen LogP contribution in [-0.2, 0) is 9.05 Å². The van der Waals surface area contributed by atoms with E-state index in [4.69, 9.17) is 10.7 Å². The zero-order valence-electron chi connectivity index (χ0n) is 11.4. The third kappa shape index (κ3) is 3.96. The molecule has 1 amide bonds. The molecule has 0 aromatic heterocycles. The van der Waals surface area contributed by atoms with Gasteiger partial charge in [0.2, 0.25) is 0 Å². The molecule has 2 rings (SSSR count). The molecule has 1 N–H and O–H groups in total. The Balaban J connectivity index is 2.03. The van der Waals surface area contributed by atoms with Crippen molar-refractivity contribution in [1.82, 2.24) is 5.32 Å². The van der Waals surface area contributed by atoms with Gasteiger partial charge in [0.05, 0.1) is 4.90 Å². The molecular formula is C14H18ClNO3S. The second kappa shape index (κ2) is 6.14. The summed E-state index contributed by atoms with van der Waals surface area (Å²) in [6.07, 6.45) is 4.76. The average Bonchev–Trinajstić information content (AvgIpc) is 2.30. The molecule has 110 valence electrons. The number of benzene rings is 1. The Morgan fingerprint density at radius 3 is 2.60 bits per heavy atom. The third-order valence-corrected chi connectivity index (χ3v) is 4.99. The summed E-state index contributed by atoms with van der Waals surface area (Å²) >= 11 is 0. The van der Waals surface area contributed by atoms with Gasteiger partial charge in [-0.1, -0.05) is 19.3 Å². The van der Waals surface area contributed by atoms with Crippen LogP contribution in [0.15, 0.2) is 23.1 Å². The molecule has 1 aliphatic carbocycles. The SMILES string of the molecule is Cc1cc(C(=O)NCCC2CCC2)cc(S(=O)(=O)Cl)c1. The lowest BCUT2D eigenvalue weighted by Crippen LogP contribution is -2.27. The summed E-state index contributed by atoms with van der Waals surface area (Å²) in [5.74, 6) is 0.473. The van der Waals surface area contributed by atoms with Crippen LogP contribution in [-0.4, -0.2) is 20.9 Å². The first-order valence-corrected chi connectivity index (χ1v) is 9.02. The van der Waals surface area contributed by atoms with Crippen molar-refractivity contribution >= 4 is 25.6 Å². The molecule has 0 radical (unpaired) electrons. The van der Waals surface area contributed by atoms with E-state index in [1.807, 2.05) is 0 Å². The predicted octanol–water partition coefficient (Wildman–Crippen LogP) is 2.84. The number of rotatable bonds is 5. The minimum atomic E-state index is -3.82. The molecule has 6 heteroatoms. The number of nitrogens with one attached hydrogen (secondary N) is 1. The summed E-state index contributed by atoms with van der Waals surface area (Å²) in [7, 11) is 1.50. The maximum atomic E-state index is 12.0. The molecule has 4 nitrogen and oxygen atoms in total. The minimum absolute atomic E-state index is 0.0386. The van der Waals surface area contributed by atoms with E-state index in [1.54, 1.807) is 13.0 Å². The van der Waals surface area contributed by atoms with Crippen molar-refractivity contribution in [1.29, 1.82) is 0 Å². The summed E-state index contributed by atoms with van der Waals surface area (Å²) in [6, 6.07) is 4.42. The highest BCUT2D eigenvalue weighted by atomic mass is 35.7. The predicted molar refractivity (Wildman–Crippen MR) is 78.5 cm³/mol. The molecule has 1 aromatic carbocycles. The fourth-order valence-electron chi connectivity index (χ4n) is 2.29. The first kappa shape index (κ1) is 15.3. The number of halogens is 1. The molecule has 1 saturated carbocycles. The smallest absolute Gasteiger partial charge is 0.261 e. The molecule has 1 aromatic rings. The van der Waals surface area contributed by atoms with Gasteiger partial charge in [-0.2, -0.15) is 0 Å². The van der Waals surface area contributed by atoms with Crippen molar-refractivity contribution in [2.75, 3.05) is 6.54 Å². The molecule has 1 fully saturated rings. The quantitative estimate of drug-likeness (QED) is 0.850. The largest absolute Gasteiger partial charge is 0.352 e. The molecule has 1 aliphatic rings. The number of carbonyl (C=O) groups is 1. The zero-order valence-corrected chi connectivity index (χ0v) is 12.9. The standard InChI is InChI=1S/C14H18ClNO3S/c1-10-7-12(9-13(8-10)20(15,18)19)14(17)16-6-5-11-3-2-4-11/h7-9,11H,2-6H2,1H3,(H,16,17). The van der Waals surface area contributed by atoms with E-state index in [1.165, 1.54) is 31.4 Å². The number of hydrogen-bond donors (Lipinski definition) is 1. The molecule has 0 heterocycles. The molecule has 0 atom stereocenters. The van der Waals surface area contributed by atoms with Gasteiger partial charge < -0.3 is 5.32 Å². The summed E-state index contributed by atoms with van der Waals surface area (Å²) in [5.41, 5.74) is 1.02. The van der Waals surface area contributed by atoms with Crippen LogP contribution in [0.5, 0.6) is 0 Å². The van der Waals surface area contributed by atoms with Gasteiger partial charge in [-0.05, 0) is 43.0 Å². The Labute approximate surface area is 123 Å². The lowest BCUT2D eigenvalue weighted by atomic mass is 9.83. The lowest BCUT2D eigenvalue weighted by Gasteiger charge is -2.25. The average molecular weight is 316 g/mol. The molecule has 0 saturated heterocycles. The molecule has 0 spiro atoms. The normalized spacial score (nSPS) is 15.7. The highest BCUT2D eigenvalue weighted by Gasteiger charge is 2.18. The van der Waals surface area contributed by atoms with E-state index in [-0.39, 0.29) is 10.8 Å². The van der Waals surface area contributed by atoms with Gasteiger partial charge in [-0.3, -0.25) is 4.79 Å². The third-order valence-electron chi connectivity index (χ3n) is 3.66. The highest BCUT2D eigenvalue weighted by Crippen LogP contribution is 2.28. The molecule has 0 bridgehead atoms. The van der Waals surface area contributed by atoms with E-state index < -0.39 is 9.05 Å². The van der Waals surface area contributed by atoms with Crippen molar-refractivity contribution in [3.8, 4) is 0 Å². The summed E-state index contributed by atoms with van der Waals surface area (Å²) in [4.78, 5) is 12.0. The van der Waals surface area contributed by atoms with Gasteiger partial charge in [0.15, 0.2) is 0 Å². The van der Waals surface area contributed by atoms with Crippen LogP contribution in [0, 0.1) is 12.8 Å². The van der Waals surface area contributed by atoms with Gasteiger partial charge in [0.25, 0.3) is 15.0 Å². The fourth-order valence-corrected chi connectivity index (χ4v) is 3.15. The van der Waals surface area contributed by atoms with Gasteiger partial charge in [-0.25, -0.2) is 8.42 Å². The number of aryl methyl sites for hydroxylation is 1. The number of carbonyl (C=O) groups excluding carboxylic acids is 1. The van der Waals surface area contributed by atoms with Crippen molar-refractivity contribution in [2.24, 2.45) is 5.92 Å². The fraction of sp³-hybridized carbons (Fsp3) is 0.500. The molecule has 20 heavy (non-hydrogen) atoms. The molecule has 0 aliphatic heterocycles. The van der Waals surface area contributed by atoms with Crippen LogP contribution in [0.1, 0.15) is 41.6 Å². The van der Waals surface area contributed by atoms with Crippen molar-refractivity contribution in [3.63, 3.8) is 0 Å². The lowest BCUT2D eigenvalue weighted by molar-refractivity contribution is 0.0948. The summed E-state index contributed by atoms with van der Waals surface area (Å²) < 4.78 is 22.7. The Kier molecular flexibility index (Phi) is 4.70. The van der Waals surface area contributed by atoms with E-state index in [9.17, 15) is 13.2 Å². The van der Waals surface area contributed by atoms with Crippen molar-refractivity contribution < 1.29 is 13.2 Å². The monoisotopic (exact) mass is 315 g/mol. The van der Waals surface area contributed by atoms with Gasteiger partial charge in [-0.15, -0.1) is 0 Å². The van der Waals surface area contributed by atoms with Crippen LogP contribution in [0.2, 0.25) is 0 Å². The van der Waals surface area contributed by atoms with Crippen LogP contribution in [0.3, 0.4) is 0 Å². The van der Waals surface area contributed by atoms with E-state index in [2.05, 4.69) is 5.32 Å². The van der Waals surface area contributed by atoms with Crippen molar-refractivity contribution in [3.05, 3.63) is 29.3 Å². The van der Waals surface area contributed by atoms with Gasteiger partial charge in [0.1, 0.15) is 0 Å². The highest BCUT2D eigenvalue weighted by molar-refractivity contribution is 8.13. The van der Waals surface area contributed by atoms with Crippen LogP contribution in [0.4, 0.5) is 0 Å². The Morgan fingerprint density at radius 1 is 1.35 bits per heavy atom. The zero-order chi connectivity index (χ0) is 14.8. The van der Waals surface area contributed by atoms with E-state index >= 15 is 0 Å². The van der Waals surface area contributed by atoms with Gasteiger partial charge >= 0.3 is 0 Å². The summed E-state index contributed by atoms with van der Waals surface area (Å²) in [6.45, 7) is 2.36. The molecule has 0 unspecified atom stereocenters. The van der Waals surface area contributed by atoms with E-state index in [0.29, 0.717) is 17.7 Å². The Bertz CT molecular complexity index is 609. The Hall–Kier alpha value is -1.07. The first-order valence-electron chi connectivity index (χ1n) is 6.71. The van der Waals surface area contributed by atoms with Crippen LogP contribution >= 0.6 is 10.7 Å². The second-order valence-electron chi connectivity index (χ2n) is 5.31.